The molecule has 7 heteroatoms. The Morgan fingerprint density at radius 3 is 2.91 bits per heavy atom. The number of amides is 2. The maximum absolute atomic E-state index is 13.5. The van der Waals surface area contributed by atoms with Crippen LogP contribution in [0.15, 0.2) is 66.9 Å². The van der Waals surface area contributed by atoms with Crippen LogP contribution in [0.4, 0.5) is 0 Å². The quantitative estimate of drug-likeness (QED) is 0.535. The van der Waals surface area contributed by atoms with Crippen molar-refractivity contribution in [1.82, 2.24) is 15.2 Å². The molecular formula is C27H27N3O4. The number of likely N-dealkylation sites (tertiary alicyclic amines) is 1. The van der Waals surface area contributed by atoms with Crippen molar-refractivity contribution in [2.24, 2.45) is 11.8 Å². The molecule has 3 aliphatic rings. The van der Waals surface area contributed by atoms with Crippen LogP contribution in [0, 0.1) is 11.8 Å². The normalized spacial score (nSPS) is 26.9. The highest BCUT2D eigenvalue weighted by atomic mass is 16.5. The van der Waals surface area contributed by atoms with E-state index in [2.05, 4.69) is 22.4 Å². The number of rotatable bonds is 7. The molecule has 0 aliphatic carbocycles. The van der Waals surface area contributed by atoms with Crippen molar-refractivity contribution in [3.05, 3.63) is 78.0 Å². The van der Waals surface area contributed by atoms with Gasteiger partial charge in [0.2, 0.25) is 11.8 Å². The number of benzene rings is 2. The van der Waals surface area contributed by atoms with E-state index < -0.39 is 17.4 Å². The van der Waals surface area contributed by atoms with Gasteiger partial charge in [0.05, 0.1) is 31.6 Å². The fourth-order valence-corrected chi connectivity index (χ4v) is 5.81. The molecular weight excluding hydrogens is 430 g/mol. The summed E-state index contributed by atoms with van der Waals surface area (Å²) in [6.45, 7) is 1.42. The van der Waals surface area contributed by atoms with E-state index in [1.807, 2.05) is 59.6 Å². The molecule has 2 aromatic carbocycles. The number of fused-ring (bicyclic) bond motifs is 2. The molecule has 2 bridgehead atoms. The molecule has 3 aromatic rings. The first-order chi connectivity index (χ1) is 16.6. The van der Waals surface area contributed by atoms with Crippen molar-refractivity contribution in [1.29, 1.82) is 0 Å². The van der Waals surface area contributed by atoms with Gasteiger partial charge >= 0.3 is 0 Å². The molecule has 0 radical (unpaired) electrons. The van der Waals surface area contributed by atoms with E-state index in [4.69, 9.17) is 9.47 Å². The molecule has 3 aliphatic heterocycles. The van der Waals surface area contributed by atoms with Crippen molar-refractivity contribution in [2.75, 3.05) is 20.2 Å². The second-order valence-electron chi connectivity index (χ2n) is 9.30. The van der Waals surface area contributed by atoms with Crippen LogP contribution in [0.1, 0.15) is 11.1 Å². The van der Waals surface area contributed by atoms with Gasteiger partial charge in [-0.05, 0) is 24.1 Å². The maximum Gasteiger partial charge on any atom is 0.230 e. The number of nitrogens with one attached hydrogen (secondary N) is 2. The molecule has 7 nitrogen and oxygen atoms in total. The van der Waals surface area contributed by atoms with Gasteiger partial charge in [0.15, 0.2) is 0 Å². The summed E-state index contributed by atoms with van der Waals surface area (Å²) in [5.41, 5.74) is 2.47. The Balaban J connectivity index is 1.16. The van der Waals surface area contributed by atoms with E-state index in [9.17, 15) is 9.59 Å². The molecule has 3 unspecified atom stereocenters. The summed E-state index contributed by atoms with van der Waals surface area (Å²) in [5.74, 6) is -0.430. The van der Waals surface area contributed by atoms with Gasteiger partial charge in [0, 0.05) is 35.8 Å². The van der Waals surface area contributed by atoms with E-state index >= 15 is 0 Å². The Morgan fingerprint density at radius 2 is 2.03 bits per heavy atom. The molecule has 4 atom stereocenters. The number of nitrogens with zero attached hydrogens (tertiary/aromatic N) is 1. The van der Waals surface area contributed by atoms with Crippen molar-refractivity contribution in [2.45, 2.75) is 24.7 Å². The number of ether oxygens (including phenoxy) is 2. The van der Waals surface area contributed by atoms with E-state index in [-0.39, 0.29) is 17.9 Å². The van der Waals surface area contributed by atoms with Gasteiger partial charge < -0.3 is 24.7 Å². The van der Waals surface area contributed by atoms with Crippen LogP contribution < -0.4 is 10.1 Å². The number of para-hydroxylation sites is 2. The Bertz CT molecular complexity index is 1300. The fraction of sp³-hybridized carbons (Fsp3) is 0.333. The third-order valence-electron chi connectivity index (χ3n) is 7.45. The summed E-state index contributed by atoms with van der Waals surface area (Å²) < 4.78 is 11.6. The van der Waals surface area contributed by atoms with Crippen molar-refractivity contribution < 1.29 is 19.1 Å². The third kappa shape index (κ3) is 3.22. The highest BCUT2D eigenvalue weighted by Crippen LogP contribution is 2.51. The molecule has 2 N–H and O–H groups in total. The average Bonchev–Trinajstić information content (AvgIpc) is 3.61. The number of hydrogen-bond acceptors (Lipinski definition) is 4. The predicted molar refractivity (Wildman–Crippen MR) is 127 cm³/mol. The monoisotopic (exact) mass is 457 g/mol. The first-order valence-corrected chi connectivity index (χ1v) is 11.7. The van der Waals surface area contributed by atoms with Crippen molar-refractivity contribution >= 4 is 22.7 Å². The number of aromatic nitrogens is 1. The van der Waals surface area contributed by atoms with Gasteiger partial charge in [0.25, 0.3) is 0 Å². The number of carbonyl (C=O) groups is 2. The van der Waals surface area contributed by atoms with Crippen LogP contribution >= 0.6 is 0 Å². The largest absolute Gasteiger partial charge is 0.496 e. The summed E-state index contributed by atoms with van der Waals surface area (Å²) in [4.78, 5) is 31.9. The number of methoxy groups -OCH3 is 1. The number of carbonyl (C=O) groups excluding carboxylic acids is 2. The SMILES string of the molecule is COc1ccccc1CNC(=O)C1C2C=C[C@@]3(CN(CCc4c[nH]c5ccccc45)C(=O)C13)O2. The Kier molecular flexibility index (Phi) is 4.95. The topological polar surface area (TPSA) is 83.7 Å². The Morgan fingerprint density at radius 1 is 1.21 bits per heavy atom. The predicted octanol–water partition coefficient (Wildman–Crippen LogP) is 2.82. The lowest BCUT2D eigenvalue weighted by atomic mass is 9.77. The zero-order valence-corrected chi connectivity index (χ0v) is 19.0. The lowest BCUT2D eigenvalue weighted by Crippen LogP contribution is -2.44. The summed E-state index contributed by atoms with van der Waals surface area (Å²) in [6.07, 6.45) is 6.34. The summed E-state index contributed by atoms with van der Waals surface area (Å²) >= 11 is 0. The average molecular weight is 458 g/mol. The van der Waals surface area contributed by atoms with Gasteiger partial charge in [-0.3, -0.25) is 9.59 Å². The maximum atomic E-state index is 13.5. The highest BCUT2D eigenvalue weighted by molar-refractivity contribution is 5.93. The Hall–Kier alpha value is -3.58. The fourth-order valence-electron chi connectivity index (χ4n) is 5.81. The highest BCUT2D eigenvalue weighted by Gasteiger charge is 2.66. The van der Waals surface area contributed by atoms with Crippen LogP contribution in [0.2, 0.25) is 0 Å². The third-order valence-corrected chi connectivity index (χ3v) is 7.45. The number of H-pyrrole nitrogens is 1. The van der Waals surface area contributed by atoms with Crippen LogP contribution in [0.25, 0.3) is 10.9 Å². The molecule has 2 fully saturated rings. The molecule has 4 heterocycles. The standard InChI is InChI=1S/C27H27N3O4/c1-33-21-9-5-2-6-18(21)15-29-25(31)23-22-10-12-27(34-22)16-30(26(32)24(23)27)13-11-17-14-28-20-8-4-3-7-19(17)20/h2-10,12,14,22-24,28H,11,13,15-16H2,1H3,(H,29,31)/t22?,23?,24?,27-/m0/s1. The lowest BCUT2D eigenvalue weighted by molar-refractivity contribution is -0.137. The second kappa shape index (κ2) is 8.02. The minimum absolute atomic E-state index is 0.00383. The zero-order chi connectivity index (χ0) is 23.3. The van der Waals surface area contributed by atoms with Crippen LogP contribution in [0.3, 0.4) is 0 Å². The summed E-state index contributed by atoms with van der Waals surface area (Å²) in [7, 11) is 1.61. The van der Waals surface area contributed by atoms with Crippen LogP contribution in [-0.4, -0.2) is 53.6 Å². The van der Waals surface area contributed by atoms with Gasteiger partial charge in [0.1, 0.15) is 11.4 Å². The molecule has 174 valence electrons. The molecule has 2 saturated heterocycles. The second-order valence-corrected chi connectivity index (χ2v) is 9.30. The van der Waals surface area contributed by atoms with E-state index in [1.165, 1.54) is 10.9 Å². The van der Waals surface area contributed by atoms with E-state index in [0.29, 0.717) is 19.6 Å². The van der Waals surface area contributed by atoms with Gasteiger partial charge in [-0.1, -0.05) is 48.6 Å². The van der Waals surface area contributed by atoms with E-state index in [1.54, 1.807) is 7.11 Å². The minimum Gasteiger partial charge on any atom is -0.496 e. The van der Waals surface area contributed by atoms with Crippen LogP contribution in [-0.2, 0) is 27.3 Å². The molecule has 0 saturated carbocycles. The molecule has 34 heavy (non-hydrogen) atoms. The van der Waals surface area contributed by atoms with Crippen molar-refractivity contribution in [3.8, 4) is 5.75 Å². The number of hydrogen-bond donors (Lipinski definition) is 2. The Labute approximate surface area is 197 Å². The molecule has 6 rings (SSSR count). The van der Waals surface area contributed by atoms with E-state index in [0.717, 1.165) is 23.3 Å². The van der Waals surface area contributed by atoms with Gasteiger partial charge in [-0.25, -0.2) is 0 Å². The minimum atomic E-state index is -0.700. The van der Waals surface area contributed by atoms with Gasteiger partial charge in [-0.15, -0.1) is 0 Å². The summed E-state index contributed by atoms with van der Waals surface area (Å²) in [5, 5.41) is 4.19. The van der Waals surface area contributed by atoms with Crippen LogP contribution in [0.5, 0.6) is 5.75 Å². The first kappa shape index (κ1) is 21.0. The van der Waals surface area contributed by atoms with Crippen molar-refractivity contribution in [3.63, 3.8) is 0 Å². The molecule has 1 aromatic heterocycles. The summed E-state index contributed by atoms with van der Waals surface area (Å²) in [6, 6.07) is 15.8. The smallest absolute Gasteiger partial charge is 0.230 e. The molecule has 1 spiro atoms. The molecule has 2 amide bonds. The first-order valence-electron chi connectivity index (χ1n) is 11.7. The van der Waals surface area contributed by atoms with Gasteiger partial charge in [-0.2, -0.15) is 0 Å². The lowest BCUT2D eigenvalue weighted by Gasteiger charge is -2.23. The number of aromatic amines is 1. The zero-order valence-electron chi connectivity index (χ0n) is 19.0.